The Morgan fingerprint density at radius 1 is 1.56 bits per heavy atom. The van der Waals surface area contributed by atoms with Crippen molar-refractivity contribution in [3.05, 3.63) is 28.8 Å². The fourth-order valence-corrected chi connectivity index (χ4v) is 1.33. The zero-order chi connectivity index (χ0) is 12.3. The number of ether oxygens (including phenoxy) is 1. The molecule has 0 fully saturated rings. The smallest absolute Gasteiger partial charge is 0.332 e. The lowest BCUT2D eigenvalue weighted by Crippen LogP contribution is -2.33. The number of hydrogen-bond acceptors (Lipinski definition) is 3. The molecule has 0 aliphatic rings. The second-order valence-electron chi connectivity index (χ2n) is 2.91. The lowest BCUT2D eigenvalue weighted by molar-refractivity contribution is 0.0699. The molecule has 7 heteroatoms. The Bertz CT molecular complexity index is 424. The van der Waals surface area contributed by atoms with Crippen LogP contribution < -0.4 is 10.5 Å². The van der Waals surface area contributed by atoms with E-state index in [9.17, 15) is 8.78 Å². The first-order chi connectivity index (χ1) is 7.43. The van der Waals surface area contributed by atoms with Crippen LogP contribution in [0.15, 0.2) is 23.4 Å². The summed E-state index contributed by atoms with van der Waals surface area (Å²) in [5, 5.41) is 10.5. The second-order valence-corrected chi connectivity index (χ2v) is 3.32. The molecule has 0 aromatic heterocycles. The van der Waals surface area contributed by atoms with Crippen molar-refractivity contribution in [3.63, 3.8) is 0 Å². The summed E-state index contributed by atoms with van der Waals surface area (Å²) in [5.74, 6) is -4.51. The van der Waals surface area contributed by atoms with Gasteiger partial charge in [0.05, 0.1) is 12.1 Å². The quantitative estimate of drug-likeness (QED) is 0.374. The monoisotopic (exact) mass is 250 g/mol. The van der Waals surface area contributed by atoms with Crippen molar-refractivity contribution < 1.29 is 18.7 Å². The molecule has 0 radical (unpaired) electrons. The van der Waals surface area contributed by atoms with Crippen molar-refractivity contribution in [2.24, 2.45) is 10.9 Å². The maximum absolute atomic E-state index is 13.5. The van der Waals surface area contributed by atoms with Gasteiger partial charge in [0, 0.05) is 5.56 Å². The Morgan fingerprint density at radius 3 is 2.62 bits per heavy atom. The highest BCUT2D eigenvalue weighted by Gasteiger charge is 2.37. The highest BCUT2D eigenvalue weighted by Crippen LogP contribution is 2.33. The molecule has 1 aromatic rings. The van der Waals surface area contributed by atoms with Crippen LogP contribution in [-0.4, -0.2) is 18.2 Å². The number of nitrogens with zero attached hydrogens (tertiary/aromatic N) is 1. The van der Waals surface area contributed by atoms with Crippen molar-refractivity contribution in [2.45, 2.75) is 5.92 Å². The van der Waals surface area contributed by atoms with Gasteiger partial charge in [-0.15, -0.1) is 0 Å². The topological polar surface area (TPSA) is 67.8 Å². The van der Waals surface area contributed by atoms with Crippen molar-refractivity contribution in [3.8, 4) is 5.75 Å². The molecule has 3 N–H and O–H groups in total. The number of methoxy groups -OCH3 is 1. The molecule has 88 valence electrons. The van der Waals surface area contributed by atoms with Gasteiger partial charge < -0.3 is 15.7 Å². The Balaban J connectivity index is 3.20. The molecule has 0 atom stereocenters. The van der Waals surface area contributed by atoms with Gasteiger partial charge in [-0.05, 0) is 18.2 Å². The zero-order valence-corrected chi connectivity index (χ0v) is 9.00. The molecule has 0 unspecified atom stereocenters. The molecule has 0 heterocycles. The Kier molecular flexibility index (Phi) is 3.54. The predicted molar refractivity (Wildman–Crippen MR) is 55.3 cm³/mol. The summed E-state index contributed by atoms with van der Waals surface area (Å²) in [5.41, 5.74) is 4.40. The van der Waals surface area contributed by atoms with Gasteiger partial charge in [-0.3, -0.25) is 0 Å². The van der Waals surface area contributed by atoms with Crippen LogP contribution in [0.1, 0.15) is 5.56 Å². The summed E-state index contributed by atoms with van der Waals surface area (Å²) in [4.78, 5) is 0. The van der Waals surface area contributed by atoms with Crippen molar-refractivity contribution in [1.29, 1.82) is 0 Å². The number of rotatable bonds is 3. The van der Waals surface area contributed by atoms with E-state index >= 15 is 0 Å². The number of alkyl halides is 2. The molecule has 1 aromatic carbocycles. The Labute approximate surface area is 95.3 Å². The summed E-state index contributed by atoms with van der Waals surface area (Å²) >= 11 is 5.68. The van der Waals surface area contributed by atoms with Crippen LogP contribution in [0.4, 0.5) is 8.78 Å². The van der Waals surface area contributed by atoms with E-state index in [2.05, 4.69) is 5.16 Å². The average molecular weight is 251 g/mol. The van der Waals surface area contributed by atoms with Gasteiger partial charge in [0.2, 0.25) is 5.84 Å². The second kappa shape index (κ2) is 4.52. The Hall–Kier alpha value is -1.56. The largest absolute Gasteiger partial charge is 0.495 e. The summed E-state index contributed by atoms with van der Waals surface area (Å²) in [6.45, 7) is 0. The van der Waals surface area contributed by atoms with E-state index in [1.54, 1.807) is 0 Å². The fourth-order valence-electron chi connectivity index (χ4n) is 1.07. The summed E-state index contributed by atoms with van der Waals surface area (Å²) in [6, 6.07) is 3.36. The van der Waals surface area contributed by atoms with Crippen LogP contribution in [0.5, 0.6) is 5.75 Å². The van der Waals surface area contributed by atoms with Gasteiger partial charge in [0.1, 0.15) is 5.75 Å². The van der Waals surface area contributed by atoms with Gasteiger partial charge in [-0.25, -0.2) is 0 Å². The molecule has 1 rings (SSSR count). The molecule has 0 amide bonds. The van der Waals surface area contributed by atoms with Crippen molar-refractivity contribution in [1.82, 2.24) is 0 Å². The first-order valence-electron chi connectivity index (χ1n) is 4.13. The zero-order valence-electron chi connectivity index (χ0n) is 8.25. The van der Waals surface area contributed by atoms with Crippen molar-refractivity contribution in [2.75, 3.05) is 7.11 Å². The maximum Gasteiger partial charge on any atom is 0.332 e. The van der Waals surface area contributed by atoms with E-state index in [-0.39, 0.29) is 10.8 Å². The van der Waals surface area contributed by atoms with Crippen LogP contribution in [0.3, 0.4) is 0 Å². The fraction of sp³-hybridized carbons (Fsp3) is 0.222. The van der Waals surface area contributed by atoms with E-state index in [0.29, 0.717) is 0 Å². The maximum atomic E-state index is 13.5. The number of amidine groups is 1. The highest BCUT2D eigenvalue weighted by atomic mass is 35.5. The van der Waals surface area contributed by atoms with E-state index in [1.165, 1.54) is 13.2 Å². The van der Waals surface area contributed by atoms with E-state index in [4.69, 9.17) is 27.3 Å². The summed E-state index contributed by atoms with van der Waals surface area (Å²) in [6.07, 6.45) is 0. The van der Waals surface area contributed by atoms with Gasteiger partial charge in [-0.2, -0.15) is 8.78 Å². The number of nitrogens with two attached hydrogens (primary N) is 1. The number of hydrogen-bond donors (Lipinski definition) is 2. The third-order valence-electron chi connectivity index (χ3n) is 1.94. The molecular formula is C9H9ClF2N2O2. The summed E-state index contributed by atoms with van der Waals surface area (Å²) in [7, 11) is 1.36. The van der Waals surface area contributed by atoms with Gasteiger partial charge >= 0.3 is 5.92 Å². The van der Waals surface area contributed by atoms with Gasteiger partial charge in [0.15, 0.2) is 0 Å². The molecule has 0 aliphatic heterocycles. The minimum absolute atomic E-state index is 0.0189. The number of benzene rings is 1. The van der Waals surface area contributed by atoms with Gasteiger partial charge in [-0.1, -0.05) is 16.8 Å². The lowest BCUT2D eigenvalue weighted by atomic mass is 10.1. The predicted octanol–water partition coefficient (Wildman–Crippen LogP) is 2.19. The lowest BCUT2D eigenvalue weighted by Gasteiger charge is -2.15. The summed E-state index contributed by atoms with van der Waals surface area (Å²) < 4.78 is 31.7. The standard InChI is InChI=1S/C9H9ClF2N2O2/c1-16-7-3-2-5(4-6(7)10)9(11,12)8(13)14-15/h2-4,15H,1H3,(H2,13,14). The molecule has 0 aliphatic carbocycles. The van der Waals surface area contributed by atoms with Crippen LogP contribution in [0.2, 0.25) is 5.02 Å². The first-order valence-corrected chi connectivity index (χ1v) is 4.51. The van der Waals surface area contributed by atoms with Crippen LogP contribution in [-0.2, 0) is 5.92 Å². The molecule has 0 bridgehead atoms. The van der Waals surface area contributed by atoms with Crippen LogP contribution >= 0.6 is 11.6 Å². The molecular weight excluding hydrogens is 242 g/mol. The number of oxime groups is 1. The third kappa shape index (κ3) is 2.16. The van der Waals surface area contributed by atoms with Gasteiger partial charge in [0.25, 0.3) is 0 Å². The van der Waals surface area contributed by atoms with Crippen LogP contribution in [0.25, 0.3) is 0 Å². The minimum atomic E-state index is -3.58. The van der Waals surface area contributed by atoms with Crippen molar-refractivity contribution >= 4 is 17.4 Å². The molecule has 0 saturated carbocycles. The van der Waals surface area contributed by atoms with E-state index < -0.39 is 17.3 Å². The highest BCUT2D eigenvalue weighted by molar-refractivity contribution is 6.32. The molecule has 0 saturated heterocycles. The van der Waals surface area contributed by atoms with E-state index in [0.717, 1.165) is 12.1 Å². The normalized spacial score (nSPS) is 12.6. The molecule has 4 nitrogen and oxygen atoms in total. The molecule has 16 heavy (non-hydrogen) atoms. The molecule has 0 spiro atoms. The Morgan fingerprint density at radius 2 is 2.19 bits per heavy atom. The SMILES string of the molecule is COc1ccc(C(F)(F)/C(N)=N/O)cc1Cl. The van der Waals surface area contributed by atoms with Crippen LogP contribution in [0, 0.1) is 0 Å². The average Bonchev–Trinajstić information content (AvgIpc) is 2.27. The van der Waals surface area contributed by atoms with E-state index in [1.807, 2.05) is 0 Å². The third-order valence-corrected chi connectivity index (χ3v) is 2.24. The minimum Gasteiger partial charge on any atom is -0.495 e. The number of halogens is 3. The first kappa shape index (κ1) is 12.5.